The number of ether oxygens (including phenoxy) is 1. The van der Waals surface area contributed by atoms with Crippen LogP contribution < -0.4 is 5.73 Å². The molecule has 2 heterocycles. The highest BCUT2D eigenvalue weighted by molar-refractivity contribution is 9.10. The molecule has 2 rings (SSSR count). The van der Waals surface area contributed by atoms with Crippen molar-refractivity contribution >= 4 is 15.9 Å². The van der Waals surface area contributed by atoms with Gasteiger partial charge in [-0.05, 0) is 48.5 Å². The maximum absolute atomic E-state index is 6.59. The molecule has 2 N–H and O–H groups in total. The maximum Gasteiger partial charge on any atom is 0.0766 e. The van der Waals surface area contributed by atoms with Crippen molar-refractivity contribution in [1.29, 1.82) is 0 Å². The van der Waals surface area contributed by atoms with Gasteiger partial charge < -0.3 is 10.5 Å². The zero-order valence-corrected chi connectivity index (χ0v) is 13.5. The quantitative estimate of drug-likeness (QED) is 0.923. The van der Waals surface area contributed by atoms with Crippen molar-refractivity contribution in [3.63, 3.8) is 0 Å². The van der Waals surface area contributed by atoms with Crippen LogP contribution in [0.3, 0.4) is 0 Å². The number of rotatable bonds is 4. The van der Waals surface area contributed by atoms with Crippen LogP contribution in [-0.2, 0) is 24.1 Å². The van der Waals surface area contributed by atoms with E-state index in [1.165, 1.54) is 5.69 Å². The summed E-state index contributed by atoms with van der Waals surface area (Å²) in [6.07, 6.45) is 4.82. The minimum Gasteiger partial charge on any atom is -0.381 e. The number of aromatic nitrogens is 2. The van der Waals surface area contributed by atoms with Gasteiger partial charge in [0, 0.05) is 31.7 Å². The Labute approximate surface area is 123 Å². The molecule has 1 aromatic rings. The molecule has 0 saturated carbocycles. The van der Waals surface area contributed by atoms with E-state index in [4.69, 9.17) is 10.5 Å². The van der Waals surface area contributed by atoms with Crippen LogP contribution >= 0.6 is 15.9 Å². The van der Waals surface area contributed by atoms with Crippen LogP contribution in [0, 0.1) is 0 Å². The lowest BCUT2D eigenvalue weighted by atomic mass is 9.87. The molecule has 0 spiro atoms. The van der Waals surface area contributed by atoms with Gasteiger partial charge >= 0.3 is 0 Å². The minimum absolute atomic E-state index is 0.156. The maximum atomic E-state index is 6.59. The van der Waals surface area contributed by atoms with E-state index in [0.29, 0.717) is 0 Å². The SMILES string of the molecule is CCc1nn(CC)c(CC2(N)CCCOCC2)c1Br. The standard InChI is InChI=1S/C14H24BrN3O/c1-3-11-13(15)12(18(4-2)17-11)10-14(16)6-5-8-19-9-7-14/h3-10,16H2,1-2H3. The van der Waals surface area contributed by atoms with Crippen LogP contribution in [0.4, 0.5) is 0 Å². The van der Waals surface area contributed by atoms with Gasteiger partial charge in [0.15, 0.2) is 0 Å². The summed E-state index contributed by atoms with van der Waals surface area (Å²) in [5, 5.41) is 4.65. The van der Waals surface area contributed by atoms with E-state index in [1.807, 2.05) is 0 Å². The molecule has 1 fully saturated rings. The summed E-state index contributed by atoms with van der Waals surface area (Å²) in [6, 6.07) is 0. The Kier molecular flexibility index (Phi) is 5.03. The zero-order chi connectivity index (χ0) is 13.9. The number of aryl methyl sites for hydroxylation is 2. The third kappa shape index (κ3) is 3.38. The lowest BCUT2D eigenvalue weighted by molar-refractivity contribution is 0.139. The average Bonchev–Trinajstić information content (AvgIpc) is 2.57. The first-order chi connectivity index (χ1) is 9.09. The Hall–Kier alpha value is -0.390. The topological polar surface area (TPSA) is 53.1 Å². The normalized spacial score (nSPS) is 24.4. The summed E-state index contributed by atoms with van der Waals surface area (Å²) < 4.78 is 8.76. The van der Waals surface area contributed by atoms with Crippen molar-refractivity contribution in [2.45, 2.75) is 58.0 Å². The van der Waals surface area contributed by atoms with E-state index < -0.39 is 0 Å². The van der Waals surface area contributed by atoms with Crippen LogP contribution in [0.5, 0.6) is 0 Å². The minimum atomic E-state index is -0.156. The third-order valence-electron chi connectivity index (χ3n) is 3.92. The predicted octanol–water partition coefficient (Wildman–Crippen LogP) is 2.67. The first kappa shape index (κ1) is 15.0. The highest BCUT2D eigenvalue weighted by Gasteiger charge is 2.30. The Morgan fingerprint density at radius 1 is 1.37 bits per heavy atom. The number of halogens is 1. The van der Waals surface area contributed by atoms with E-state index in [2.05, 4.69) is 39.6 Å². The summed E-state index contributed by atoms with van der Waals surface area (Å²) >= 11 is 3.70. The largest absolute Gasteiger partial charge is 0.381 e. The van der Waals surface area contributed by atoms with E-state index >= 15 is 0 Å². The Balaban J connectivity index is 2.23. The van der Waals surface area contributed by atoms with Crippen molar-refractivity contribution in [2.75, 3.05) is 13.2 Å². The molecule has 0 radical (unpaired) electrons. The fourth-order valence-corrected chi connectivity index (χ4v) is 3.43. The van der Waals surface area contributed by atoms with Gasteiger partial charge in [-0.25, -0.2) is 0 Å². The van der Waals surface area contributed by atoms with E-state index in [9.17, 15) is 0 Å². The zero-order valence-electron chi connectivity index (χ0n) is 11.9. The van der Waals surface area contributed by atoms with Gasteiger partial charge in [0.2, 0.25) is 0 Å². The molecule has 4 nitrogen and oxygen atoms in total. The first-order valence-corrected chi connectivity index (χ1v) is 7.99. The van der Waals surface area contributed by atoms with Crippen molar-refractivity contribution in [3.8, 4) is 0 Å². The van der Waals surface area contributed by atoms with Crippen molar-refractivity contribution in [2.24, 2.45) is 5.73 Å². The summed E-state index contributed by atoms with van der Waals surface area (Å²) in [5.41, 5.74) is 8.81. The Morgan fingerprint density at radius 3 is 2.84 bits per heavy atom. The molecule has 1 aliphatic rings. The molecule has 1 saturated heterocycles. The molecule has 1 aliphatic heterocycles. The Bertz CT molecular complexity index is 423. The average molecular weight is 330 g/mol. The van der Waals surface area contributed by atoms with Crippen molar-refractivity contribution < 1.29 is 4.74 Å². The number of hydrogen-bond donors (Lipinski definition) is 1. The Morgan fingerprint density at radius 2 is 2.16 bits per heavy atom. The van der Waals surface area contributed by atoms with Gasteiger partial charge in [-0.3, -0.25) is 4.68 Å². The van der Waals surface area contributed by atoms with Gasteiger partial charge in [0.25, 0.3) is 0 Å². The fraction of sp³-hybridized carbons (Fsp3) is 0.786. The lowest BCUT2D eigenvalue weighted by Crippen LogP contribution is -2.43. The van der Waals surface area contributed by atoms with Gasteiger partial charge in [-0.1, -0.05) is 6.92 Å². The summed E-state index contributed by atoms with van der Waals surface area (Å²) in [4.78, 5) is 0. The van der Waals surface area contributed by atoms with Gasteiger partial charge in [-0.2, -0.15) is 5.10 Å². The summed E-state index contributed by atoms with van der Waals surface area (Å²) in [6.45, 7) is 6.76. The molecular weight excluding hydrogens is 306 g/mol. The van der Waals surface area contributed by atoms with Gasteiger partial charge in [0.1, 0.15) is 0 Å². The second-order valence-electron chi connectivity index (χ2n) is 5.38. The van der Waals surface area contributed by atoms with Gasteiger partial charge in [0.05, 0.1) is 15.9 Å². The molecule has 1 atom stereocenters. The lowest BCUT2D eigenvalue weighted by Gasteiger charge is -2.27. The highest BCUT2D eigenvalue weighted by Crippen LogP contribution is 2.29. The molecule has 0 amide bonds. The predicted molar refractivity (Wildman–Crippen MR) is 80.3 cm³/mol. The van der Waals surface area contributed by atoms with Crippen LogP contribution in [0.15, 0.2) is 4.47 Å². The molecule has 1 aromatic heterocycles. The molecule has 0 bridgehead atoms. The molecular formula is C14H24BrN3O. The number of hydrogen-bond acceptors (Lipinski definition) is 3. The second kappa shape index (κ2) is 6.37. The fourth-order valence-electron chi connectivity index (χ4n) is 2.73. The second-order valence-corrected chi connectivity index (χ2v) is 6.17. The molecule has 19 heavy (non-hydrogen) atoms. The van der Waals surface area contributed by atoms with Crippen LogP contribution in [0.1, 0.15) is 44.5 Å². The summed E-state index contributed by atoms with van der Waals surface area (Å²) in [5.74, 6) is 0. The van der Waals surface area contributed by atoms with E-state index in [-0.39, 0.29) is 5.54 Å². The third-order valence-corrected chi connectivity index (χ3v) is 4.84. The van der Waals surface area contributed by atoms with E-state index in [1.54, 1.807) is 0 Å². The first-order valence-electron chi connectivity index (χ1n) is 7.20. The van der Waals surface area contributed by atoms with E-state index in [0.717, 1.165) is 62.0 Å². The molecule has 1 unspecified atom stereocenters. The van der Waals surface area contributed by atoms with Gasteiger partial charge in [-0.15, -0.1) is 0 Å². The monoisotopic (exact) mass is 329 g/mol. The molecule has 108 valence electrons. The van der Waals surface area contributed by atoms with Crippen LogP contribution in [-0.4, -0.2) is 28.5 Å². The van der Waals surface area contributed by atoms with Crippen molar-refractivity contribution in [1.82, 2.24) is 9.78 Å². The molecule has 0 aromatic carbocycles. The molecule has 0 aliphatic carbocycles. The van der Waals surface area contributed by atoms with Crippen LogP contribution in [0.25, 0.3) is 0 Å². The summed E-state index contributed by atoms with van der Waals surface area (Å²) in [7, 11) is 0. The van der Waals surface area contributed by atoms with Crippen LogP contribution in [0.2, 0.25) is 0 Å². The number of nitrogens with two attached hydrogens (primary N) is 1. The highest BCUT2D eigenvalue weighted by atomic mass is 79.9. The molecule has 5 heteroatoms. The smallest absolute Gasteiger partial charge is 0.0766 e. The number of nitrogens with zero attached hydrogens (tertiary/aromatic N) is 2. The van der Waals surface area contributed by atoms with Crippen molar-refractivity contribution in [3.05, 3.63) is 15.9 Å².